The van der Waals surface area contributed by atoms with Crippen molar-refractivity contribution in [1.82, 2.24) is 5.48 Å². The van der Waals surface area contributed by atoms with Gasteiger partial charge in [-0.15, -0.1) is 0 Å². The molecule has 2 heterocycles. The van der Waals surface area contributed by atoms with Crippen LogP contribution >= 0.6 is 15.9 Å². The van der Waals surface area contributed by atoms with E-state index in [0.29, 0.717) is 6.54 Å². The predicted octanol–water partition coefficient (Wildman–Crippen LogP) is 4.04. The molecule has 5 heteroatoms. The van der Waals surface area contributed by atoms with Crippen LogP contribution in [0.4, 0.5) is 0 Å². The minimum absolute atomic E-state index is 0.312. The third kappa shape index (κ3) is 1.59. The molecule has 0 spiro atoms. The van der Waals surface area contributed by atoms with E-state index in [1.165, 1.54) is 0 Å². The van der Waals surface area contributed by atoms with Gasteiger partial charge < -0.3 is 14.0 Å². The SMILES string of the molecule is Cc1cc2c(CNO)c3oc(C)cc3c(Br)c2o1. The average Bonchev–Trinajstić information content (AvgIpc) is 2.88. The van der Waals surface area contributed by atoms with Gasteiger partial charge in [-0.2, -0.15) is 0 Å². The van der Waals surface area contributed by atoms with E-state index in [2.05, 4.69) is 21.4 Å². The molecule has 18 heavy (non-hydrogen) atoms. The van der Waals surface area contributed by atoms with Crippen LogP contribution in [0.15, 0.2) is 25.4 Å². The molecule has 1 aromatic carbocycles. The van der Waals surface area contributed by atoms with Crippen LogP contribution < -0.4 is 5.48 Å². The standard InChI is InChI=1S/C13H12BrNO3/c1-6-3-8-10(5-15-16)12-9(4-7(2)17-12)11(14)13(8)18-6/h3-4,15-16H,5H2,1-2H3. The third-order valence-corrected chi connectivity index (χ3v) is 3.79. The van der Waals surface area contributed by atoms with Crippen LogP contribution in [0.2, 0.25) is 0 Å². The number of fused-ring (bicyclic) bond motifs is 2. The molecule has 0 fully saturated rings. The Kier molecular flexibility index (Phi) is 2.69. The fourth-order valence-corrected chi connectivity index (χ4v) is 2.89. The van der Waals surface area contributed by atoms with Crippen LogP contribution in [-0.4, -0.2) is 5.21 Å². The summed E-state index contributed by atoms with van der Waals surface area (Å²) < 4.78 is 12.3. The van der Waals surface area contributed by atoms with Gasteiger partial charge in [0.25, 0.3) is 0 Å². The number of hydroxylamine groups is 1. The summed E-state index contributed by atoms with van der Waals surface area (Å²) in [6.45, 7) is 4.11. The highest BCUT2D eigenvalue weighted by Gasteiger charge is 2.18. The Hall–Kier alpha value is -1.30. The van der Waals surface area contributed by atoms with Crippen molar-refractivity contribution in [1.29, 1.82) is 0 Å². The summed E-state index contributed by atoms with van der Waals surface area (Å²) >= 11 is 3.56. The molecule has 0 atom stereocenters. The van der Waals surface area contributed by atoms with Gasteiger partial charge in [-0.05, 0) is 41.9 Å². The van der Waals surface area contributed by atoms with Gasteiger partial charge in [-0.25, -0.2) is 5.48 Å². The highest BCUT2D eigenvalue weighted by Crippen LogP contribution is 2.39. The maximum atomic E-state index is 8.99. The van der Waals surface area contributed by atoms with Gasteiger partial charge >= 0.3 is 0 Å². The normalized spacial score (nSPS) is 11.8. The third-order valence-electron chi connectivity index (χ3n) is 3.00. The number of nitrogens with one attached hydrogen (secondary N) is 1. The van der Waals surface area contributed by atoms with Gasteiger partial charge in [-0.3, -0.25) is 0 Å². The molecule has 2 N–H and O–H groups in total. The summed E-state index contributed by atoms with van der Waals surface area (Å²) in [5.41, 5.74) is 4.64. The minimum Gasteiger partial charge on any atom is -0.461 e. The van der Waals surface area contributed by atoms with Crippen molar-refractivity contribution in [3.05, 3.63) is 33.7 Å². The van der Waals surface area contributed by atoms with Crippen molar-refractivity contribution < 1.29 is 14.0 Å². The van der Waals surface area contributed by atoms with Gasteiger partial charge in [-0.1, -0.05) is 0 Å². The van der Waals surface area contributed by atoms with E-state index in [0.717, 1.165) is 43.5 Å². The molecule has 3 rings (SSSR count). The predicted molar refractivity (Wildman–Crippen MR) is 71.8 cm³/mol. The van der Waals surface area contributed by atoms with Crippen molar-refractivity contribution in [2.75, 3.05) is 0 Å². The Morgan fingerprint density at radius 2 is 1.72 bits per heavy atom. The zero-order valence-corrected chi connectivity index (χ0v) is 11.6. The molecule has 0 saturated heterocycles. The molecule has 0 aliphatic rings. The zero-order chi connectivity index (χ0) is 12.9. The van der Waals surface area contributed by atoms with Crippen molar-refractivity contribution >= 4 is 37.9 Å². The number of hydrogen-bond donors (Lipinski definition) is 2. The lowest BCUT2D eigenvalue weighted by molar-refractivity contribution is 0.161. The van der Waals surface area contributed by atoms with E-state index in [-0.39, 0.29) is 0 Å². The maximum absolute atomic E-state index is 8.99. The Balaban J connectivity index is 2.51. The Morgan fingerprint density at radius 3 is 2.39 bits per heavy atom. The first-order chi connectivity index (χ1) is 8.61. The lowest BCUT2D eigenvalue weighted by Gasteiger charge is -2.04. The van der Waals surface area contributed by atoms with E-state index in [9.17, 15) is 0 Å². The Labute approximate surface area is 112 Å². The van der Waals surface area contributed by atoms with Gasteiger partial charge in [0.2, 0.25) is 0 Å². The molecule has 0 bridgehead atoms. The summed E-state index contributed by atoms with van der Waals surface area (Å²) in [6, 6.07) is 3.90. The van der Waals surface area contributed by atoms with Crippen LogP contribution in [0, 0.1) is 13.8 Å². The number of hydrogen-bond acceptors (Lipinski definition) is 4. The summed E-state index contributed by atoms with van der Waals surface area (Å²) in [5, 5.41) is 10.9. The molecular formula is C13H12BrNO3. The zero-order valence-electron chi connectivity index (χ0n) is 10.0. The highest BCUT2D eigenvalue weighted by atomic mass is 79.9. The largest absolute Gasteiger partial charge is 0.461 e. The van der Waals surface area contributed by atoms with Crippen LogP contribution in [0.25, 0.3) is 21.9 Å². The fraction of sp³-hybridized carbons (Fsp3) is 0.231. The van der Waals surface area contributed by atoms with Gasteiger partial charge in [0.15, 0.2) is 0 Å². The van der Waals surface area contributed by atoms with E-state index in [4.69, 9.17) is 14.0 Å². The van der Waals surface area contributed by atoms with Crippen LogP contribution in [0.3, 0.4) is 0 Å². The van der Waals surface area contributed by atoms with E-state index >= 15 is 0 Å². The molecule has 0 amide bonds. The van der Waals surface area contributed by atoms with Crippen molar-refractivity contribution in [2.24, 2.45) is 0 Å². The highest BCUT2D eigenvalue weighted by molar-refractivity contribution is 9.10. The molecule has 2 aromatic heterocycles. The molecule has 0 aliphatic heterocycles. The summed E-state index contributed by atoms with van der Waals surface area (Å²) in [6.07, 6.45) is 0. The van der Waals surface area contributed by atoms with Crippen molar-refractivity contribution in [3.8, 4) is 0 Å². The molecule has 4 nitrogen and oxygen atoms in total. The molecular weight excluding hydrogens is 298 g/mol. The first-order valence-electron chi connectivity index (χ1n) is 5.59. The van der Waals surface area contributed by atoms with Crippen molar-refractivity contribution in [2.45, 2.75) is 20.4 Å². The van der Waals surface area contributed by atoms with E-state index in [1.807, 2.05) is 26.0 Å². The molecule has 0 unspecified atom stereocenters. The summed E-state index contributed by atoms with van der Waals surface area (Å²) in [7, 11) is 0. The van der Waals surface area contributed by atoms with E-state index in [1.54, 1.807) is 0 Å². The van der Waals surface area contributed by atoms with Crippen LogP contribution in [-0.2, 0) is 6.54 Å². The van der Waals surface area contributed by atoms with E-state index < -0.39 is 0 Å². The number of furan rings is 2. The average molecular weight is 310 g/mol. The summed E-state index contributed by atoms with van der Waals surface area (Å²) in [4.78, 5) is 0. The molecule has 0 aliphatic carbocycles. The smallest absolute Gasteiger partial charge is 0.149 e. The van der Waals surface area contributed by atoms with Crippen molar-refractivity contribution in [3.63, 3.8) is 0 Å². The molecule has 94 valence electrons. The lowest BCUT2D eigenvalue weighted by atomic mass is 10.1. The fourth-order valence-electron chi connectivity index (χ4n) is 2.30. The van der Waals surface area contributed by atoms with Crippen LogP contribution in [0.1, 0.15) is 17.1 Å². The van der Waals surface area contributed by atoms with Gasteiger partial charge in [0, 0.05) is 16.3 Å². The number of halogens is 1. The topological polar surface area (TPSA) is 58.5 Å². The number of rotatable bonds is 2. The number of benzene rings is 1. The second-order valence-electron chi connectivity index (χ2n) is 4.33. The minimum atomic E-state index is 0.312. The first kappa shape index (κ1) is 11.8. The number of aryl methyl sites for hydroxylation is 2. The van der Waals surface area contributed by atoms with Gasteiger partial charge in [0.05, 0.1) is 11.0 Å². The second kappa shape index (κ2) is 4.12. The lowest BCUT2D eigenvalue weighted by Crippen LogP contribution is -2.06. The summed E-state index contributed by atoms with van der Waals surface area (Å²) in [5.74, 6) is 1.66. The van der Waals surface area contributed by atoms with Gasteiger partial charge in [0.1, 0.15) is 22.7 Å². The quantitative estimate of drug-likeness (QED) is 0.701. The molecule has 0 saturated carbocycles. The monoisotopic (exact) mass is 309 g/mol. The van der Waals surface area contributed by atoms with Crippen LogP contribution in [0.5, 0.6) is 0 Å². The second-order valence-corrected chi connectivity index (χ2v) is 5.12. The Bertz CT molecular complexity index is 684. The molecule has 3 aromatic rings. The maximum Gasteiger partial charge on any atom is 0.149 e. The Morgan fingerprint density at radius 1 is 1.11 bits per heavy atom. The first-order valence-corrected chi connectivity index (χ1v) is 6.38. The molecule has 0 radical (unpaired) electrons.